The normalized spacial score (nSPS) is 13.5. The Kier molecular flexibility index (Phi) is 4.90. The van der Waals surface area contributed by atoms with Gasteiger partial charge >= 0.3 is 5.97 Å². The van der Waals surface area contributed by atoms with Gasteiger partial charge in [0, 0.05) is 0 Å². The van der Waals surface area contributed by atoms with Crippen LogP contribution in [0.5, 0.6) is 0 Å². The van der Waals surface area contributed by atoms with Crippen molar-refractivity contribution in [2.75, 3.05) is 5.75 Å². The summed E-state index contributed by atoms with van der Waals surface area (Å²) in [6.07, 6.45) is 0.238. The van der Waals surface area contributed by atoms with E-state index < -0.39 is 27.0 Å². The van der Waals surface area contributed by atoms with Crippen molar-refractivity contribution in [1.29, 1.82) is 0 Å². The van der Waals surface area contributed by atoms with Crippen molar-refractivity contribution >= 4 is 15.8 Å². The maximum Gasteiger partial charge on any atom is 0.307 e. The van der Waals surface area contributed by atoms with Crippen LogP contribution in [-0.4, -0.2) is 30.5 Å². The molecule has 0 bridgehead atoms. The fraction of sp³-hybridized carbons (Fsp3) is 0.462. The molecule has 0 saturated heterocycles. The molecule has 1 aromatic carbocycles. The highest BCUT2D eigenvalue weighted by molar-refractivity contribution is 7.92. The molecular formula is C13H18O4S. The van der Waals surface area contributed by atoms with Gasteiger partial charge < -0.3 is 5.11 Å². The molecule has 100 valence electrons. The maximum atomic E-state index is 11.8. The fourth-order valence-corrected chi connectivity index (χ4v) is 2.80. The zero-order valence-corrected chi connectivity index (χ0v) is 11.4. The number of rotatable bonds is 6. The number of sulfone groups is 1. The summed E-state index contributed by atoms with van der Waals surface area (Å²) in [4.78, 5) is 11.1. The molecule has 1 atom stereocenters. The first kappa shape index (κ1) is 14.7. The average molecular weight is 270 g/mol. The molecule has 0 saturated carbocycles. The van der Waals surface area contributed by atoms with E-state index in [4.69, 9.17) is 5.11 Å². The molecule has 0 spiro atoms. The minimum Gasteiger partial charge on any atom is -0.481 e. The molecule has 0 aliphatic carbocycles. The van der Waals surface area contributed by atoms with E-state index in [-0.39, 0.29) is 12.2 Å². The zero-order chi connectivity index (χ0) is 13.8. The molecule has 1 aromatic rings. The van der Waals surface area contributed by atoms with Gasteiger partial charge in [0.15, 0.2) is 9.84 Å². The molecule has 0 heterocycles. The Morgan fingerprint density at radius 3 is 2.22 bits per heavy atom. The number of carboxylic acids is 1. The van der Waals surface area contributed by atoms with Crippen molar-refractivity contribution < 1.29 is 18.3 Å². The van der Waals surface area contributed by atoms with Gasteiger partial charge in [0.1, 0.15) is 0 Å². The first-order valence-corrected chi connectivity index (χ1v) is 7.52. The van der Waals surface area contributed by atoms with Gasteiger partial charge in [-0.3, -0.25) is 4.79 Å². The lowest BCUT2D eigenvalue weighted by molar-refractivity contribution is -0.140. The predicted molar refractivity (Wildman–Crippen MR) is 70.2 cm³/mol. The second-order valence-corrected chi connectivity index (χ2v) is 7.21. The van der Waals surface area contributed by atoms with Crippen LogP contribution in [-0.2, 0) is 21.1 Å². The molecule has 5 heteroatoms. The zero-order valence-electron chi connectivity index (χ0n) is 10.5. The van der Waals surface area contributed by atoms with Gasteiger partial charge in [-0.1, -0.05) is 30.3 Å². The molecular weight excluding hydrogens is 252 g/mol. The van der Waals surface area contributed by atoms with E-state index in [0.717, 1.165) is 5.56 Å². The van der Waals surface area contributed by atoms with Gasteiger partial charge in [-0.2, -0.15) is 0 Å². The Morgan fingerprint density at radius 1 is 1.22 bits per heavy atom. The highest BCUT2D eigenvalue weighted by Gasteiger charge is 2.27. The number of hydrogen-bond donors (Lipinski definition) is 1. The monoisotopic (exact) mass is 270 g/mol. The minimum absolute atomic E-state index is 0.238. The number of carbonyl (C=O) groups is 1. The van der Waals surface area contributed by atoms with Gasteiger partial charge in [-0.15, -0.1) is 0 Å². The summed E-state index contributed by atoms with van der Waals surface area (Å²) < 4.78 is 23.5. The van der Waals surface area contributed by atoms with E-state index >= 15 is 0 Å². The lowest BCUT2D eigenvalue weighted by Crippen LogP contribution is -2.29. The van der Waals surface area contributed by atoms with E-state index in [1.54, 1.807) is 26.0 Å². The van der Waals surface area contributed by atoms with Crippen molar-refractivity contribution in [1.82, 2.24) is 0 Å². The van der Waals surface area contributed by atoms with E-state index in [1.807, 2.05) is 18.2 Å². The second-order valence-electron chi connectivity index (χ2n) is 4.60. The Balaban J connectivity index is 2.83. The Bertz CT molecular complexity index is 491. The molecule has 0 unspecified atom stereocenters. The number of benzene rings is 1. The summed E-state index contributed by atoms with van der Waals surface area (Å²) in [5.41, 5.74) is 0.837. The third-order valence-electron chi connectivity index (χ3n) is 2.83. The highest BCUT2D eigenvalue weighted by atomic mass is 32.2. The number of hydrogen-bond acceptors (Lipinski definition) is 3. The van der Waals surface area contributed by atoms with Gasteiger partial charge in [-0.05, 0) is 25.8 Å². The lowest BCUT2D eigenvalue weighted by Gasteiger charge is -2.14. The van der Waals surface area contributed by atoms with Crippen LogP contribution in [0.15, 0.2) is 30.3 Å². The van der Waals surface area contributed by atoms with Crippen molar-refractivity contribution in [3.63, 3.8) is 0 Å². The standard InChI is InChI=1S/C13H18O4S/c1-10(2)18(16,17)9-12(13(14)15)8-11-6-4-3-5-7-11/h3-7,10,12H,8-9H2,1-2H3,(H,14,15)/t12-/m1/s1. The van der Waals surface area contributed by atoms with Crippen molar-refractivity contribution in [2.45, 2.75) is 25.5 Å². The number of aliphatic carboxylic acids is 1. The topological polar surface area (TPSA) is 71.4 Å². The van der Waals surface area contributed by atoms with Crippen LogP contribution >= 0.6 is 0 Å². The van der Waals surface area contributed by atoms with Crippen LogP contribution in [0, 0.1) is 5.92 Å². The summed E-state index contributed by atoms with van der Waals surface area (Å²) in [7, 11) is -3.34. The number of carboxylic acid groups (broad SMARTS) is 1. The third-order valence-corrected chi connectivity index (χ3v) is 5.13. The first-order valence-electron chi connectivity index (χ1n) is 5.81. The van der Waals surface area contributed by atoms with Crippen LogP contribution in [0.25, 0.3) is 0 Å². The molecule has 0 aliphatic heterocycles. The van der Waals surface area contributed by atoms with Crippen LogP contribution in [0.3, 0.4) is 0 Å². The lowest BCUT2D eigenvalue weighted by atomic mass is 10.0. The van der Waals surface area contributed by atoms with Crippen LogP contribution in [0.1, 0.15) is 19.4 Å². The largest absolute Gasteiger partial charge is 0.481 e. The third kappa shape index (κ3) is 4.14. The molecule has 4 nitrogen and oxygen atoms in total. The van der Waals surface area contributed by atoms with E-state index in [9.17, 15) is 13.2 Å². The van der Waals surface area contributed by atoms with Crippen molar-refractivity contribution in [3.05, 3.63) is 35.9 Å². The summed E-state index contributed by atoms with van der Waals surface area (Å²) >= 11 is 0. The SMILES string of the molecule is CC(C)S(=O)(=O)C[C@@H](Cc1ccccc1)C(=O)O. The Labute approximate surface area is 108 Å². The summed E-state index contributed by atoms with van der Waals surface area (Å²) in [5.74, 6) is -2.27. The van der Waals surface area contributed by atoms with Gasteiger partial charge in [0.2, 0.25) is 0 Å². The van der Waals surface area contributed by atoms with E-state index in [2.05, 4.69) is 0 Å². The van der Waals surface area contributed by atoms with Crippen molar-refractivity contribution in [3.8, 4) is 0 Å². The molecule has 0 fully saturated rings. The molecule has 1 N–H and O–H groups in total. The molecule has 1 rings (SSSR count). The minimum atomic E-state index is -3.34. The molecule has 0 amide bonds. The Hall–Kier alpha value is -1.36. The quantitative estimate of drug-likeness (QED) is 0.855. The van der Waals surface area contributed by atoms with E-state index in [1.165, 1.54) is 0 Å². The van der Waals surface area contributed by atoms with Crippen LogP contribution in [0.4, 0.5) is 0 Å². The van der Waals surface area contributed by atoms with Crippen LogP contribution < -0.4 is 0 Å². The molecule has 0 aromatic heterocycles. The summed E-state index contributed by atoms with van der Waals surface area (Å²) in [6.45, 7) is 3.13. The molecule has 18 heavy (non-hydrogen) atoms. The maximum absolute atomic E-state index is 11.8. The van der Waals surface area contributed by atoms with Gasteiger partial charge in [0.05, 0.1) is 16.9 Å². The second kappa shape index (κ2) is 6.00. The Morgan fingerprint density at radius 2 is 1.78 bits per heavy atom. The fourth-order valence-electron chi connectivity index (χ4n) is 1.59. The molecule has 0 aliphatic rings. The average Bonchev–Trinajstić information content (AvgIpc) is 2.29. The predicted octanol–water partition coefficient (Wildman–Crippen LogP) is 1.75. The van der Waals surface area contributed by atoms with Gasteiger partial charge in [0.25, 0.3) is 0 Å². The smallest absolute Gasteiger partial charge is 0.307 e. The van der Waals surface area contributed by atoms with Crippen molar-refractivity contribution in [2.24, 2.45) is 5.92 Å². The summed E-state index contributed by atoms with van der Waals surface area (Å²) in [6, 6.07) is 9.07. The van der Waals surface area contributed by atoms with Crippen LogP contribution in [0.2, 0.25) is 0 Å². The first-order chi connectivity index (χ1) is 8.33. The van der Waals surface area contributed by atoms with E-state index in [0.29, 0.717) is 0 Å². The van der Waals surface area contributed by atoms with Gasteiger partial charge in [-0.25, -0.2) is 8.42 Å². The molecule has 0 radical (unpaired) electrons. The summed E-state index contributed by atoms with van der Waals surface area (Å²) in [5, 5.41) is 8.57. The highest BCUT2D eigenvalue weighted by Crippen LogP contribution is 2.14.